The molecule has 0 aliphatic carbocycles. The molecule has 4 nitrogen and oxygen atoms in total. The van der Waals surface area contributed by atoms with Crippen LogP contribution < -0.4 is 5.32 Å². The molecule has 2 saturated heterocycles. The zero-order valence-corrected chi connectivity index (χ0v) is 15.7. The molecule has 0 bridgehead atoms. The number of aromatic amines is 1. The van der Waals surface area contributed by atoms with Crippen LogP contribution in [0.4, 0.5) is 0 Å². The monoisotopic (exact) mass is 361 g/mol. The molecule has 4 rings (SSSR count). The molecule has 0 unspecified atom stereocenters. The van der Waals surface area contributed by atoms with Crippen molar-refractivity contribution in [1.29, 1.82) is 0 Å². The highest BCUT2D eigenvalue weighted by Crippen LogP contribution is 2.40. The Morgan fingerprint density at radius 3 is 2.62 bits per heavy atom. The molecule has 0 aromatic carbocycles. The molecule has 1 amide bonds. The summed E-state index contributed by atoms with van der Waals surface area (Å²) >= 11 is 6.14. The van der Waals surface area contributed by atoms with E-state index >= 15 is 0 Å². The number of carbonyl (C=O) groups is 1. The summed E-state index contributed by atoms with van der Waals surface area (Å²) in [5, 5.41) is 4.66. The maximum Gasteiger partial charge on any atom is 0.267 e. The number of carbonyl (C=O) groups excluding carboxylic acids is 1. The standard InChI is InChI=1S/C18H24ClN3OSi/c19-15-11-20-12-17-14(15)10-16(22-17)18(23)21-13-4-8-24(9-5-13)6-2-1-3-7-24/h10-13,22H,1-9H2,(H,21,23). The fourth-order valence-electron chi connectivity index (χ4n) is 4.58. The number of halogens is 1. The minimum absolute atomic E-state index is 0.0199. The highest BCUT2D eigenvalue weighted by atomic mass is 35.5. The van der Waals surface area contributed by atoms with Crippen LogP contribution in [-0.4, -0.2) is 30.0 Å². The van der Waals surface area contributed by atoms with E-state index in [0.29, 0.717) is 16.8 Å². The van der Waals surface area contributed by atoms with Crippen LogP contribution in [-0.2, 0) is 0 Å². The van der Waals surface area contributed by atoms with Gasteiger partial charge in [-0.25, -0.2) is 0 Å². The molecule has 2 fully saturated rings. The van der Waals surface area contributed by atoms with Crippen LogP contribution in [0.3, 0.4) is 0 Å². The Kier molecular flexibility index (Phi) is 4.39. The van der Waals surface area contributed by atoms with Crippen molar-refractivity contribution in [2.24, 2.45) is 0 Å². The third-order valence-electron chi connectivity index (χ3n) is 6.04. The first-order valence-electron chi connectivity index (χ1n) is 9.08. The number of nitrogens with zero attached hydrogens (tertiary/aromatic N) is 1. The quantitative estimate of drug-likeness (QED) is 0.759. The Bertz CT molecular complexity index is 744. The average Bonchev–Trinajstić information content (AvgIpc) is 3.04. The van der Waals surface area contributed by atoms with E-state index in [2.05, 4.69) is 15.3 Å². The normalized spacial score (nSPS) is 21.2. The van der Waals surface area contributed by atoms with Gasteiger partial charge in [0.1, 0.15) is 5.69 Å². The van der Waals surface area contributed by atoms with Crippen molar-refractivity contribution >= 4 is 36.5 Å². The predicted octanol–water partition coefficient (Wildman–Crippen LogP) is 4.74. The predicted molar refractivity (Wildman–Crippen MR) is 100 cm³/mol. The van der Waals surface area contributed by atoms with Crippen LogP contribution in [0.2, 0.25) is 29.2 Å². The number of aromatic nitrogens is 2. The minimum Gasteiger partial charge on any atom is -0.349 e. The summed E-state index contributed by atoms with van der Waals surface area (Å²) in [7, 11) is -0.961. The van der Waals surface area contributed by atoms with Gasteiger partial charge in [-0.3, -0.25) is 9.78 Å². The number of rotatable bonds is 2. The molecule has 24 heavy (non-hydrogen) atoms. The molecule has 2 aromatic rings. The molecule has 1 spiro atoms. The maximum atomic E-state index is 12.6. The first kappa shape index (κ1) is 16.2. The summed E-state index contributed by atoms with van der Waals surface area (Å²) in [5.41, 5.74) is 1.39. The van der Waals surface area contributed by atoms with Crippen molar-refractivity contribution in [2.75, 3.05) is 0 Å². The van der Waals surface area contributed by atoms with Crippen molar-refractivity contribution in [3.8, 4) is 0 Å². The van der Waals surface area contributed by atoms with E-state index in [1.54, 1.807) is 12.4 Å². The number of hydrogen-bond acceptors (Lipinski definition) is 2. The van der Waals surface area contributed by atoms with Crippen LogP contribution in [0, 0.1) is 0 Å². The summed E-state index contributed by atoms with van der Waals surface area (Å²) < 4.78 is 0. The lowest BCUT2D eigenvalue weighted by Crippen LogP contribution is -2.46. The molecule has 0 radical (unpaired) electrons. The minimum atomic E-state index is -0.961. The summed E-state index contributed by atoms with van der Waals surface area (Å²) in [6.07, 6.45) is 9.99. The summed E-state index contributed by atoms with van der Waals surface area (Å²) in [5.74, 6) is -0.0199. The number of hydrogen-bond donors (Lipinski definition) is 2. The van der Waals surface area contributed by atoms with Crippen LogP contribution in [0.5, 0.6) is 0 Å². The average molecular weight is 362 g/mol. The fourth-order valence-corrected chi connectivity index (χ4v) is 10.2. The molecule has 2 aliphatic heterocycles. The molecular formula is C18H24ClN3OSi. The second-order valence-corrected chi connectivity index (χ2v) is 13.0. The molecule has 0 saturated carbocycles. The Morgan fingerprint density at radius 1 is 1.17 bits per heavy atom. The fraction of sp³-hybridized carbons (Fsp3) is 0.556. The molecule has 4 heterocycles. The van der Waals surface area contributed by atoms with Crippen LogP contribution in [0.15, 0.2) is 18.5 Å². The third kappa shape index (κ3) is 3.11. The lowest BCUT2D eigenvalue weighted by Gasteiger charge is -2.41. The highest BCUT2D eigenvalue weighted by molar-refractivity contribution is 6.80. The van der Waals surface area contributed by atoms with E-state index in [1.165, 1.54) is 56.3 Å². The van der Waals surface area contributed by atoms with E-state index in [4.69, 9.17) is 11.6 Å². The zero-order chi connectivity index (χ0) is 16.6. The molecular weight excluding hydrogens is 338 g/mol. The second kappa shape index (κ2) is 6.52. The third-order valence-corrected chi connectivity index (χ3v) is 11.9. The smallest absolute Gasteiger partial charge is 0.267 e. The number of amides is 1. The zero-order valence-electron chi connectivity index (χ0n) is 13.9. The van der Waals surface area contributed by atoms with Crippen molar-refractivity contribution in [1.82, 2.24) is 15.3 Å². The molecule has 2 aromatic heterocycles. The van der Waals surface area contributed by atoms with Crippen molar-refractivity contribution in [3.05, 3.63) is 29.2 Å². The lowest BCUT2D eigenvalue weighted by atomic mass is 10.1. The lowest BCUT2D eigenvalue weighted by molar-refractivity contribution is 0.0929. The van der Waals surface area contributed by atoms with Crippen molar-refractivity contribution in [3.63, 3.8) is 0 Å². The van der Waals surface area contributed by atoms with Gasteiger partial charge in [-0.15, -0.1) is 0 Å². The largest absolute Gasteiger partial charge is 0.349 e. The number of pyridine rings is 1. The van der Waals surface area contributed by atoms with Gasteiger partial charge in [0.2, 0.25) is 0 Å². The Morgan fingerprint density at radius 2 is 1.92 bits per heavy atom. The van der Waals surface area contributed by atoms with Gasteiger partial charge in [0, 0.05) is 17.6 Å². The number of H-pyrrole nitrogens is 1. The van der Waals surface area contributed by atoms with Crippen molar-refractivity contribution in [2.45, 2.75) is 62.3 Å². The van der Waals surface area contributed by atoms with E-state index in [1.807, 2.05) is 6.07 Å². The molecule has 2 aliphatic rings. The first-order valence-corrected chi connectivity index (χ1v) is 12.3. The second-order valence-electron chi connectivity index (χ2n) is 7.57. The van der Waals surface area contributed by atoms with Gasteiger partial charge in [0.05, 0.1) is 24.8 Å². The van der Waals surface area contributed by atoms with Gasteiger partial charge in [-0.2, -0.15) is 0 Å². The van der Waals surface area contributed by atoms with Gasteiger partial charge < -0.3 is 10.3 Å². The van der Waals surface area contributed by atoms with Gasteiger partial charge in [0.25, 0.3) is 5.91 Å². The molecule has 2 N–H and O–H groups in total. The Balaban J connectivity index is 1.40. The Labute approximate surface area is 148 Å². The highest BCUT2D eigenvalue weighted by Gasteiger charge is 2.38. The van der Waals surface area contributed by atoms with E-state index in [0.717, 1.165) is 10.9 Å². The molecule has 6 heteroatoms. The van der Waals surface area contributed by atoms with Crippen LogP contribution in [0.25, 0.3) is 10.9 Å². The van der Waals surface area contributed by atoms with E-state index in [9.17, 15) is 4.79 Å². The summed E-state index contributed by atoms with van der Waals surface area (Å²) in [4.78, 5) is 19.8. The Hall–Kier alpha value is -1.33. The number of nitrogens with one attached hydrogen (secondary N) is 2. The van der Waals surface area contributed by atoms with Gasteiger partial charge in [-0.1, -0.05) is 55.0 Å². The first-order chi connectivity index (χ1) is 11.7. The van der Waals surface area contributed by atoms with Gasteiger partial charge in [0.15, 0.2) is 0 Å². The summed E-state index contributed by atoms with van der Waals surface area (Å²) in [6, 6.07) is 8.02. The maximum absolute atomic E-state index is 12.6. The van der Waals surface area contributed by atoms with Gasteiger partial charge >= 0.3 is 0 Å². The number of fused-ring (bicyclic) bond motifs is 1. The molecule has 128 valence electrons. The SMILES string of the molecule is O=C(NC1CC[Si]2(CCCCC2)CC1)c1cc2c(Cl)cncc2[nH]1. The van der Waals surface area contributed by atoms with Crippen molar-refractivity contribution < 1.29 is 4.79 Å². The molecule has 0 atom stereocenters. The van der Waals surface area contributed by atoms with E-state index in [-0.39, 0.29) is 5.91 Å². The summed E-state index contributed by atoms with van der Waals surface area (Å²) in [6.45, 7) is 0. The van der Waals surface area contributed by atoms with Crippen LogP contribution >= 0.6 is 11.6 Å². The van der Waals surface area contributed by atoms with Gasteiger partial charge in [-0.05, 0) is 18.9 Å². The van der Waals surface area contributed by atoms with E-state index < -0.39 is 8.07 Å². The topological polar surface area (TPSA) is 57.8 Å². The van der Waals surface area contributed by atoms with Crippen LogP contribution in [0.1, 0.15) is 42.6 Å².